The molecule has 140 heavy (non-hydrogen) atoms. The summed E-state index contributed by atoms with van der Waals surface area (Å²) in [7, 11) is 8.72. The van der Waals surface area contributed by atoms with E-state index in [9.17, 15) is 0 Å². The first-order chi connectivity index (χ1) is 67.3. The fraction of sp³-hybridized carbons (Fsp3) is 0.250. The van der Waals surface area contributed by atoms with Crippen LogP contribution in [0.5, 0.6) is 0 Å². The molecule has 0 aliphatic heterocycles. The van der Waals surface area contributed by atoms with E-state index in [1.165, 1.54) is 243 Å². The molecule has 12 heterocycles. The van der Waals surface area contributed by atoms with Crippen molar-refractivity contribution >= 4 is 154 Å². The van der Waals surface area contributed by atoms with Gasteiger partial charge in [0.15, 0.2) is 44.1 Å². The number of aromatic nitrogens is 12. The first-order valence-corrected chi connectivity index (χ1v) is 50.3. The second-order valence-electron chi connectivity index (χ2n) is 41.6. The van der Waals surface area contributed by atoms with Crippen LogP contribution in [0.4, 0.5) is 0 Å². The first kappa shape index (κ1) is 91.5. The Morgan fingerprint density at radius 3 is 0.964 bits per heavy atom. The minimum atomic E-state index is 0.447. The fourth-order valence-electron chi connectivity index (χ4n) is 23.8. The smallest absolute Gasteiger partial charge is 0.252 e. The fourth-order valence-corrected chi connectivity index (χ4v) is 23.8. The maximum Gasteiger partial charge on any atom is 0.297 e. The molecule has 0 atom stereocenters. The summed E-state index contributed by atoms with van der Waals surface area (Å²) in [5, 5.41) is 9.69. The predicted molar refractivity (Wildman–Crippen MR) is 589 cm³/mol. The molecule has 0 unspecified atom stereocenters. The number of fused-ring (bicyclic) bond motifs is 32. The van der Waals surface area contributed by atoms with Gasteiger partial charge in [0.2, 0.25) is 0 Å². The third kappa shape index (κ3) is 14.7. The molecular formula is C128H128N12+4. The molecule has 696 valence electrons. The molecule has 12 aromatic carbocycles. The minimum Gasteiger partial charge on any atom is -0.252 e. The average Bonchev–Trinajstić information content (AvgIpc) is 1.49. The Morgan fingerprint density at radius 2 is 0.521 bits per heavy atom. The zero-order valence-electron chi connectivity index (χ0n) is 86.2. The number of para-hydroxylation sites is 6. The number of pyridine rings is 8. The first-order valence-electron chi connectivity index (χ1n) is 50.3. The molecule has 24 rings (SSSR count). The Balaban J connectivity index is 0.000000111. The van der Waals surface area contributed by atoms with Crippen LogP contribution in [-0.2, 0) is 28.2 Å². The molecule has 0 amide bonds. The average molecular weight is 1830 g/mol. The molecule has 12 heteroatoms. The lowest BCUT2D eigenvalue weighted by Crippen LogP contribution is -2.27. The third-order valence-electron chi connectivity index (χ3n) is 30.1. The van der Waals surface area contributed by atoms with Crippen molar-refractivity contribution in [3.8, 4) is 44.5 Å². The SMILES string of the molecule is Cc1cc(C)c2c(n1)c1cc(-c3c(C(C)C)cccc3C(C)C)ccc1n1c3ccccc3[n+](C)c21.Cc1cc(C)c2c(n1)c1ccc(-c3c(C(C)C)cccc3C(C)C)cc1n1c3ccccc3[n+](C)c21.Cc1cc(C)c2c(n1)c1ccccc1[n+]1c3ccc(-c4c(C)cccc4C)cc3n(C)c21.Cc1cc(C)c2c(n1)c1ccccc1n1c3cc(-c4c(C(C)C)cccc4C(C)C)ccc3[n+](C)c21. The van der Waals surface area contributed by atoms with Crippen LogP contribution in [0.25, 0.3) is 198 Å². The van der Waals surface area contributed by atoms with Gasteiger partial charge in [0.05, 0.1) is 71.8 Å². The van der Waals surface area contributed by atoms with E-state index in [0.717, 1.165) is 44.8 Å². The minimum absolute atomic E-state index is 0.447. The zero-order chi connectivity index (χ0) is 98.0. The van der Waals surface area contributed by atoms with Gasteiger partial charge in [0.25, 0.3) is 22.6 Å². The number of aryl methyl sites for hydroxylation is 14. The predicted octanol–water partition coefficient (Wildman–Crippen LogP) is 31.0. The second kappa shape index (κ2) is 35.2. The molecule has 12 aromatic heterocycles. The van der Waals surface area contributed by atoms with Crippen LogP contribution in [0, 0.1) is 69.2 Å². The quantitative estimate of drug-likeness (QED) is 0.101. The molecule has 0 N–H and O–H groups in total. The highest BCUT2D eigenvalue weighted by atomic mass is 15.1. The van der Waals surface area contributed by atoms with Crippen molar-refractivity contribution in [2.24, 2.45) is 28.2 Å². The third-order valence-corrected chi connectivity index (χ3v) is 30.1. The van der Waals surface area contributed by atoms with Crippen molar-refractivity contribution in [3.63, 3.8) is 0 Å². The van der Waals surface area contributed by atoms with E-state index >= 15 is 0 Å². The van der Waals surface area contributed by atoms with E-state index < -0.39 is 0 Å². The summed E-state index contributed by atoms with van der Waals surface area (Å²) in [5.41, 5.74) is 54.6. The molecule has 0 fully saturated rings. The lowest BCUT2D eigenvalue weighted by Gasteiger charge is -2.20. The molecular weight excluding hydrogens is 1710 g/mol. The van der Waals surface area contributed by atoms with Crippen molar-refractivity contribution in [1.29, 1.82) is 0 Å². The Hall–Kier alpha value is -14.9. The molecule has 24 aromatic rings. The van der Waals surface area contributed by atoms with E-state index in [-0.39, 0.29) is 0 Å². The van der Waals surface area contributed by atoms with Crippen LogP contribution in [0.1, 0.15) is 208 Å². The highest BCUT2D eigenvalue weighted by molar-refractivity contribution is 6.16. The summed E-state index contributed by atoms with van der Waals surface area (Å²) in [6, 6.07) is 98.4. The molecule has 0 aliphatic rings. The van der Waals surface area contributed by atoms with Gasteiger partial charge in [-0.15, -0.1) is 0 Å². The van der Waals surface area contributed by atoms with Crippen LogP contribution in [0.3, 0.4) is 0 Å². The highest BCUT2D eigenvalue weighted by Gasteiger charge is 2.34. The zero-order valence-corrected chi connectivity index (χ0v) is 86.2. The van der Waals surface area contributed by atoms with Gasteiger partial charge in [0, 0.05) is 44.3 Å². The Bertz CT molecular complexity index is 9200. The van der Waals surface area contributed by atoms with Gasteiger partial charge in [0.1, 0.15) is 22.1 Å². The van der Waals surface area contributed by atoms with Gasteiger partial charge >= 0.3 is 0 Å². The molecule has 0 saturated carbocycles. The number of hydrogen-bond acceptors (Lipinski definition) is 4. The number of rotatable bonds is 10. The van der Waals surface area contributed by atoms with E-state index in [1.807, 2.05) is 0 Å². The number of nitrogens with zero attached hydrogens (tertiary/aromatic N) is 12. The van der Waals surface area contributed by atoms with E-state index in [2.05, 4.69) is 483 Å². The Morgan fingerprint density at radius 1 is 0.221 bits per heavy atom. The van der Waals surface area contributed by atoms with Crippen LogP contribution in [0.2, 0.25) is 0 Å². The largest absolute Gasteiger partial charge is 0.297 e. The summed E-state index contributed by atoms with van der Waals surface area (Å²) >= 11 is 0. The van der Waals surface area contributed by atoms with Crippen LogP contribution >= 0.6 is 0 Å². The lowest BCUT2D eigenvalue weighted by atomic mass is 9.84. The Kier molecular flexibility index (Phi) is 23.0. The molecule has 0 saturated heterocycles. The topological polar surface area (TPSA) is 85.5 Å². The molecule has 0 radical (unpaired) electrons. The van der Waals surface area contributed by atoms with Gasteiger partial charge < -0.3 is 0 Å². The molecule has 12 nitrogen and oxygen atoms in total. The lowest BCUT2D eigenvalue weighted by molar-refractivity contribution is -0.617. The summed E-state index contributed by atoms with van der Waals surface area (Å²) in [6.07, 6.45) is 0. The van der Waals surface area contributed by atoms with Gasteiger partial charge in [-0.3, -0.25) is 19.9 Å². The Labute approximate surface area is 821 Å². The number of imidazole rings is 4. The second-order valence-corrected chi connectivity index (χ2v) is 41.6. The maximum atomic E-state index is 5.15. The van der Waals surface area contributed by atoms with Crippen molar-refractivity contribution in [1.82, 2.24) is 37.7 Å². The van der Waals surface area contributed by atoms with Crippen molar-refractivity contribution in [3.05, 3.63) is 356 Å². The van der Waals surface area contributed by atoms with Gasteiger partial charge in [-0.25, -0.2) is 18.3 Å². The number of hydrogen-bond donors (Lipinski definition) is 0. The highest BCUT2D eigenvalue weighted by Crippen LogP contribution is 2.46. The van der Waals surface area contributed by atoms with E-state index in [0.29, 0.717) is 35.5 Å². The summed E-state index contributed by atoms with van der Waals surface area (Å²) in [5.74, 6) is 2.70. The number of benzene rings is 12. The molecule has 0 aliphatic carbocycles. The van der Waals surface area contributed by atoms with E-state index in [1.54, 1.807) is 0 Å². The van der Waals surface area contributed by atoms with Crippen molar-refractivity contribution < 1.29 is 18.1 Å². The summed E-state index contributed by atoms with van der Waals surface area (Å²) in [4.78, 5) is 20.3. The van der Waals surface area contributed by atoms with Gasteiger partial charge in [-0.2, -0.15) is 17.6 Å². The standard InChI is InChI=1S/3C33H34N3.C29H26N3/c1-19(2)24-11-10-12-25(20(3)4)31(24)23-15-16-27-26(18-23)32-30(21(5)17-22(6)34-32)33-35(7)28-13-8-9-14-29(28)36(27)33;1-19(2)24-11-10-12-25(20(3)4)31(24)23-15-16-26-29(18-23)36-28-14-9-8-13-27(28)35(7)33(36)30-21(5)17-22(6)34-32(26)30;1-19(2)24-12-10-13-25(20(3)4)31(24)23-15-16-28-29(18-23)36-27-14-9-8-11-26(27)32-30(33(36)35(28)7)21(5)17-22(6)34-32;1-17-9-8-10-18(2)26(17)21-13-14-24-25(16-21)31(5)29-27-19(3)15-20(4)30-28(27)22-11-6-7-12-23(22)32(24)29/h3*8-20H,1-7H3;6-16H,1-5H3/q4*+1. The van der Waals surface area contributed by atoms with Crippen molar-refractivity contribution in [2.75, 3.05) is 0 Å². The molecule has 0 spiro atoms. The molecule has 0 bridgehead atoms. The van der Waals surface area contributed by atoms with Crippen molar-refractivity contribution in [2.45, 2.75) is 188 Å². The van der Waals surface area contributed by atoms with Crippen LogP contribution < -0.4 is 18.1 Å². The van der Waals surface area contributed by atoms with Gasteiger partial charge in [-0.1, -0.05) is 217 Å². The summed E-state index contributed by atoms with van der Waals surface area (Å²) < 4.78 is 19.1. The normalized spacial score (nSPS) is 12.2. The monoisotopic (exact) mass is 1830 g/mol. The maximum absolute atomic E-state index is 5.15. The van der Waals surface area contributed by atoms with E-state index in [4.69, 9.17) is 19.9 Å². The van der Waals surface area contributed by atoms with Crippen LogP contribution in [0.15, 0.2) is 267 Å². The summed E-state index contributed by atoms with van der Waals surface area (Å²) in [6.45, 7) is 49.2. The van der Waals surface area contributed by atoms with Gasteiger partial charge in [-0.05, 0) is 349 Å². The van der Waals surface area contributed by atoms with Crippen LogP contribution in [-0.4, -0.2) is 37.7 Å².